The van der Waals surface area contributed by atoms with Crippen molar-refractivity contribution in [1.82, 2.24) is 0 Å². The zero-order chi connectivity index (χ0) is 17.0. The Morgan fingerprint density at radius 2 is 0.826 bits per heavy atom. The Kier molecular flexibility index (Phi) is 5.74. The van der Waals surface area contributed by atoms with Gasteiger partial charge < -0.3 is 14.9 Å². The van der Waals surface area contributed by atoms with Gasteiger partial charge in [-0.15, -0.1) is 0 Å². The first-order valence-corrected chi connectivity index (χ1v) is 8.09. The number of hydrogen-bond donors (Lipinski definition) is 2. The van der Waals surface area contributed by atoms with Crippen molar-refractivity contribution in [3.05, 3.63) is 0 Å². The fourth-order valence-electron chi connectivity index (χ4n) is 3.42. The van der Waals surface area contributed by atoms with Crippen molar-refractivity contribution >= 4 is 23.9 Å². The minimum absolute atomic E-state index is 0.412. The van der Waals surface area contributed by atoms with Gasteiger partial charge in [0.15, 0.2) is 0 Å². The zero-order valence-corrected chi connectivity index (χ0v) is 12.9. The van der Waals surface area contributed by atoms with E-state index in [2.05, 4.69) is 0 Å². The highest BCUT2D eigenvalue weighted by Crippen LogP contribution is 2.32. The van der Waals surface area contributed by atoms with Crippen LogP contribution in [0.25, 0.3) is 0 Å². The molecule has 7 heteroatoms. The second kappa shape index (κ2) is 7.57. The Morgan fingerprint density at radius 3 is 1.09 bits per heavy atom. The SMILES string of the molecule is O=C(O)C1CCC(C(=O)OC(=O)C2CCC(C(=O)O)CC2)CC1. The van der Waals surface area contributed by atoms with E-state index < -0.39 is 47.5 Å². The normalized spacial score (nSPS) is 31.1. The maximum Gasteiger partial charge on any atom is 0.316 e. The molecule has 0 aliphatic heterocycles. The summed E-state index contributed by atoms with van der Waals surface area (Å²) in [7, 11) is 0. The topological polar surface area (TPSA) is 118 Å². The monoisotopic (exact) mass is 326 g/mol. The maximum atomic E-state index is 12.0. The van der Waals surface area contributed by atoms with Crippen molar-refractivity contribution in [2.75, 3.05) is 0 Å². The predicted molar refractivity (Wildman–Crippen MR) is 77.3 cm³/mol. The summed E-state index contributed by atoms with van der Waals surface area (Å²) in [6.07, 6.45) is 3.40. The van der Waals surface area contributed by atoms with Gasteiger partial charge in [0.1, 0.15) is 0 Å². The molecule has 2 saturated carbocycles. The molecule has 2 fully saturated rings. The number of rotatable bonds is 4. The molecule has 0 saturated heterocycles. The average molecular weight is 326 g/mol. The predicted octanol–water partition coefficient (Wildman–Crippen LogP) is 1.84. The summed E-state index contributed by atoms with van der Waals surface area (Å²) in [5, 5.41) is 17.9. The quantitative estimate of drug-likeness (QED) is 0.597. The molecule has 0 amide bonds. The van der Waals surface area contributed by atoms with E-state index in [1.807, 2.05) is 0 Å². The highest BCUT2D eigenvalue weighted by molar-refractivity contribution is 5.88. The van der Waals surface area contributed by atoms with Gasteiger partial charge >= 0.3 is 23.9 Å². The Bertz CT molecular complexity index is 439. The van der Waals surface area contributed by atoms with Gasteiger partial charge in [0, 0.05) is 0 Å². The second-order valence-corrected chi connectivity index (χ2v) is 6.51. The molecule has 0 aromatic carbocycles. The Hall–Kier alpha value is -1.92. The molecule has 7 nitrogen and oxygen atoms in total. The fourth-order valence-corrected chi connectivity index (χ4v) is 3.42. The first-order chi connectivity index (χ1) is 10.9. The van der Waals surface area contributed by atoms with Gasteiger partial charge in [-0.25, -0.2) is 0 Å². The van der Waals surface area contributed by atoms with E-state index in [0.717, 1.165) is 0 Å². The van der Waals surface area contributed by atoms with E-state index in [1.54, 1.807) is 0 Å². The van der Waals surface area contributed by atoms with E-state index in [1.165, 1.54) is 0 Å². The summed E-state index contributed by atoms with van der Waals surface area (Å²) in [6, 6.07) is 0. The Balaban J connectivity index is 1.76. The van der Waals surface area contributed by atoms with Crippen LogP contribution in [-0.2, 0) is 23.9 Å². The molecular weight excluding hydrogens is 304 g/mol. The van der Waals surface area contributed by atoms with Crippen LogP contribution in [0, 0.1) is 23.7 Å². The number of esters is 2. The Labute approximate surface area is 134 Å². The number of carboxylic acid groups (broad SMARTS) is 2. The molecule has 0 spiro atoms. The first kappa shape index (κ1) is 17.4. The van der Waals surface area contributed by atoms with Crippen LogP contribution in [0.1, 0.15) is 51.4 Å². The van der Waals surface area contributed by atoms with Crippen molar-refractivity contribution in [3.63, 3.8) is 0 Å². The summed E-state index contributed by atoms with van der Waals surface area (Å²) < 4.78 is 4.95. The van der Waals surface area contributed by atoms with Gasteiger partial charge in [-0.2, -0.15) is 0 Å². The molecule has 2 rings (SSSR count). The maximum absolute atomic E-state index is 12.0. The third-order valence-corrected chi connectivity index (χ3v) is 5.02. The molecule has 0 unspecified atom stereocenters. The van der Waals surface area contributed by atoms with Crippen molar-refractivity contribution < 1.29 is 34.1 Å². The highest BCUT2D eigenvalue weighted by Gasteiger charge is 2.35. The van der Waals surface area contributed by atoms with E-state index in [-0.39, 0.29) is 0 Å². The van der Waals surface area contributed by atoms with E-state index >= 15 is 0 Å². The lowest BCUT2D eigenvalue weighted by Gasteiger charge is -2.26. The molecule has 2 aliphatic rings. The summed E-state index contributed by atoms with van der Waals surface area (Å²) in [5.41, 5.74) is 0. The van der Waals surface area contributed by atoms with Gasteiger partial charge in [-0.1, -0.05) is 0 Å². The number of carbonyl (C=O) groups is 4. The highest BCUT2D eigenvalue weighted by atomic mass is 16.6. The van der Waals surface area contributed by atoms with Crippen LogP contribution in [0.2, 0.25) is 0 Å². The van der Waals surface area contributed by atoms with Crippen LogP contribution >= 0.6 is 0 Å². The largest absolute Gasteiger partial charge is 0.481 e. The minimum Gasteiger partial charge on any atom is -0.481 e. The van der Waals surface area contributed by atoms with Crippen LogP contribution in [0.4, 0.5) is 0 Å². The van der Waals surface area contributed by atoms with Crippen molar-refractivity contribution in [2.24, 2.45) is 23.7 Å². The molecule has 128 valence electrons. The lowest BCUT2D eigenvalue weighted by Crippen LogP contribution is -2.32. The number of ether oxygens (including phenoxy) is 1. The van der Waals surface area contributed by atoms with Crippen LogP contribution in [-0.4, -0.2) is 34.1 Å². The van der Waals surface area contributed by atoms with E-state index in [9.17, 15) is 19.2 Å². The third kappa shape index (κ3) is 4.53. The molecule has 0 atom stereocenters. The number of carboxylic acids is 2. The smallest absolute Gasteiger partial charge is 0.316 e. The summed E-state index contributed by atoms with van der Waals surface area (Å²) in [4.78, 5) is 45.8. The summed E-state index contributed by atoms with van der Waals surface area (Å²) in [6.45, 7) is 0. The molecular formula is C16H22O7. The molecule has 0 heterocycles. The molecule has 0 aromatic heterocycles. The number of hydrogen-bond acceptors (Lipinski definition) is 5. The zero-order valence-electron chi connectivity index (χ0n) is 12.9. The number of carbonyl (C=O) groups excluding carboxylic acids is 2. The van der Waals surface area contributed by atoms with Gasteiger partial charge in [0.25, 0.3) is 0 Å². The molecule has 0 aromatic rings. The van der Waals surface area contributed by atoms with E-state index in [0.29, 0.717) is 51.4 Å². The molecule has 2 N–H and O–H groups in total. The van der Waals surface area contributed by atoms with Crippen LogP contribution in [0.5, 0.6) is 0 Å². The lowest BCUT2D eigenvalue weighted by atomic mass is 9.81. The van der Waals surface area contributed by atoms with Gasteiger partial charge in [-0.05, 0) is 51.4 Å². The molecule has 23 heavy (non-hydrogen) atoms. The summed E-state index contributed by atoms with van der Waals surface area (Å²) >= 11 is 0. The standard InChI is InChI=1S/C16H22O7/c17-13(18)9-1-5-11(6-2-9)15(21)23-16(22)12-7-3-10(4-8-12)14(19)20/h9-12H,1-8H2,(H,17,18)(H,19,20). The lowest BCUT2D eigenvalue weighted by molar-refractivity contribution is -0.168. The fraction of sp³-hybridized carbons (Fsp3) is 0.750. The van der Waals surface area contributed by atoms with Gasteiger partial charge in [0.05, 0.1) is 23.7 Å². The average Bonchev–Trinajstić information content (AvgIpc) is 2.54. The van der Waals surface area contributed by atoms with Gasteiger partial charge in [-0.3, -0.25) is 19.2 Å². The first-order valence-electron chi connectivity index (χ1n) is 8.09. The van der Waals surface area contributed by atoms with Crippen LogP contribution < -0.4 is 0 Å². The molecule has 0 radical (unpaired) electrons. The van der Waals surface area contributed by atoms with Crippen LogP contribution in [0.3, 0.4) is 0 Å². The third-order valence-electron chi connectivity index (χ3n) is 5.02. The molecule has 0 bridgehead atoms. The van der Waals surface area contributed by atoms with Crippen molar-refractivity contribution in [2.45, 2.75) is 51.4 Å². The second-order valence-electron chi connectivity index (χ2n) is 6.51. The number of aliphatic carboxylic acids is 2. The van der Waals surface area contributed by atoms with Gasteiger partial charge in [0.2, 0.25) is 0 Å². The minimum atomic E-state index is -0.844. The van der Waals surface area contributed by atoms with Crippen molar-refractivity contribution in [1.29, 1.82) is 0 Å². The molecule has 2 aliphatic carbocycles. The Morgan fingerprint density at radius 1 is 0.565 bits per heavy atom. The summed E-state index contributed by atoms with van der Waals surface area (Å²) in [5.74, 6) is -4.48. The van der Waals surface area contributed by atoms with Crippen LogP contribution in [0.15, 0.2) is 0 Å². The van der Waals surface area contributed by atoms with Crippen molar-refractivity contribution in [3.8, 4) is 0 Å². The van der Waals surface area contributed by atoms with E-state index in [4.69, 9.17) is 14.9 Å².